The number of anilines is 1. The summed E-state index contributed by atoms with van der Waals surface area (Å²) in [5, 5.41) is 19.9. The van der Waals surface area contributed by atoms with E-state index in [2.05, 4.69) is 22.9 Å². The van der Waals surface area contributed by atoms with E-state index >= 15 is 0 Å². The second-order valence-corrected chi connectivity index (χ2v) is 7.47. The molecule has 0 bridgehead atoms. The molecule has 1 aliphatic rings. The minimum absolute atomic E-state index is 0.291. The number of hydrogen-bond acceptors (Lipinski definition) is 4. The van der Waals surface area contributed by atoms with E-state index in [1.807, 2.05) is 42.6 Å². The molecule has 0 spiro atoms. The number of hydrogen-bond donors (Lipinski definition) is 2. The molecule has 0 aliphatic heterocycles. The zero-order chi connectivity index (χ0) is 19.5. The van der Waals surface area contributed by atoms with Crippen molar-refractivity contribution in [3.8, 4) is 11.5 Å². The predicted molar refractivity (Wildman–Crippen MR) is 112 cm³/mol. The lowest BCUT2D eigenvalue weighted by Gasteiger charge is -2.31. The van der Waals surface area contributed by atoms with Crippen LogP contribution >= 0.6 is 0 Å². The Kier molecular flexibility index (Phi) is 5.20. The van der Waals surface area contributed by atoms with Gasteiger partial charge < -0.3 is 15.1 Å². The fourth-order valence-electron chi connectivity index (χ4n) is 4.21. The highest BCUT2D eigenvalue weighted by Gasteiger charge is 2.24. The normalized spacial score (nSPS) is 15.8. The summed E-state index contributed by atoms with van der Waals surface area (Å²) in [4.78, 5) is 6.75. The summed E-state index contributed by atoms with van der Waals surface area (Å²) >= 11 is 0. The third-order valence-electron chi connectivity index (χ3n) is 5.67. The van der Waals surface area contributed by atoms with Crippen molar-refractivity contribution in [1.29, 1.82) is 0 Å². The van der Waals surface area contributed by atoms with Crippen LogP contribution in [0.25, 0.3) is 0 Å². The van der Waals surface area contributed by atoms with E-state index in [9.17, 15) is 10.2 Å². The van der Waals surface area contributed by atoms with Crippen molar-refractivity contribution < 1.29 is 10.2 Å². The van der Waals surface area contributed by atoms with Crippen molar-refractivity contribution in [2.75, 3.05) is 11.4 Å². The van der Waals surface area contributed by atoms with Gasteiger partial charge in [-0.05, 0) is 79.1 Å². The van der Waals surface area contributed by atoms with Gasteiger partial charge in [0.1, 0.15) is 11.5 Å². The molecule has 3 aromatic rings. The maximum Gasteiger partial charge on any atom is 0.117 e. The van der Waals surface area contributed by atoms with E-state index < -0.39 is 0 Å². The summed E-state index contributed by atoms with van der Waals surface area (Å²) in [6.07, 6.45) is 4.77. The molecule has 2 N–H and O–H groups in total. The van der Waals surface area contributed by atoms with Crippen molar-refractivity contribution in [2.45, 2.75) is 38.6 Å². The topological polar surface area (TPSA) is 56.6 Å². The van der Waals surface area contributed by atoms with Crippen LogP contribution < -0.4 is 4.90 Å². The third-order valence-corrected chi connectivity index (χ3v) is 5.67. The van der Waals surface area contributed by atoms with Gasteiger partial charge in [0, 0.05) is 24.5 Å². The highest BCUT2D eigenvalue weighted by molar-refractivity contribution is 5.59. The molecule has 144 valence electrons. The van der Waals surface area contributed by atoms with Crippen molar-refractivity contribution in [1.82, 2.24) is 4.98 Å². The Labute approximate surface area is 166 Å². The molecule has 0 radical (unpaired) electrons. The number of aromatic hydroxyl groups is 2. The van der Waals surface area contributed by atoms with E-state index in [0.717, 1.165) is 37.2 Å². The molecule has 1 unspecified atom stereocenters. The van der Waals surface area contributed by atoms with Gasteiger partial charge in [-0.1, -0.05) is 18.2 Å². The summed E-state index contributed by atoms with van der Waals surface area (Å²) in [5.41, 5.74) is 5.93. The van der Waals surface area contributed by atoms with E-state index in [1.54, 1.807) is 12.1 Å². The molecule has 2 aromatic carbocycles. The number of aromatic nitrogens is 1. The smallest absolute Gasteiger partial charge is 0.117 e. The van der Waals surface area contributed by atoms with Crippen LogP contribution in [-0.4, -0.2) is 21.7 Å². The van der Waals surface area contributed by atoms with Gasteiger partial charge in [0.2, 0.25) is 0 Å². The number of benzene rings is 2. The summed E-state index contributed by atoms with van der Waals surface area (Å²) < 4.78 is 0. The highest BCUT2D eigenvalue weighted by Crippen LogP contribution is 2.39. The predicted octanol–water partition coefficient (Wildman–Crippen LogP) is 4.79. The first-order valence-corrected chi connectivity index (χ1v) is 9.92. The number of nitrogens with zero attached hydrogens (tertiary/aromatic N) is 2. The minimum atomic E-state index is 0.291. The SMILES string of the molecule is CCN(Cc1ccccn1)c1cc(O)ccc1C1CCc2cc(O)ccc2C1. The zero-order valence-corrected chi connectivity index (χ0v) is 16.2. The van der Waals surface area contributed by atoms with Crippen LogP contribution in [0.15, 0.2) is 60.8 Å². The Balaban J connectivity index is 1.65. The number of aryl methyl sites for hydroxylation is 1. The first-order chi connectivity index (χ1) is 13.6. The molecular formula is C24H26N2O2. The maximum atomic E-state index is 10.2. The molecule has 4 rings (SSSR count). The summed E-state index contributed by atoms with van der Waals surface area (Å²) in [6, 6.07) is 17.4. The maximum absolute atomic E-state index is 10.2. The quantitative estimate of drug-likeness (QED) is 0.674. The third kappa shape index (κ3) is 3.81. The minimum Gasteiger partial charge on any atom is -0.508 e. The van der Waals surface area contributed by atoms with Gasteiger partial charge in [0.25, 0.3) is 0 Å². The monoisotopic (exact) mass is 374 g/mol. The first kappa shape index (κ1) is 18.4. The van der Waals surface area contributed by atoms with Crippen LogP contribution in [0.2, 0.25) is 0 Å². The number of phenolic OH excluding ortho intramolecular Hbond substituents is 2. The molecule has 1 heterocycles. The van der Waals surface area contributed by atoms with Crippen molar-refractivity contribution in [2.24, 2.45) is 0 Å². The molecule has 1 aliphatic carbocycles. The zero-order valence-electron chi connectivity index (χ0n) is 16.2. The second-order valence-electron chi connectivity index (χ2n) is 7.47. The molecule has 4 nitrogen and oxygen atoms in total. The summed E-state index contributed by atoms with van der Waals surface area (Å²) in [5.74, 6) is 1.03. The van der Waals surface area contributed by atoms with E-state index in [1.165, 1.54) is 16.7 Å². The van der Waals surface area contributed by atoms with E-state index in [-0.39, 0.29) is 0 Å². The van der Waals surface area contributed by atoms with Gasteiger partial charge >= 0.3 is 0 Å². The van der Waals surface area contributed by atoms with E-state index in [4.69, 9.17) is 0 Å². The largest absolute Gasteiger partial charge is 0.508 e. The number of pyridine rings is 1. The Hall–Kier alpha value is -3.01. The van der Waals surface area contributed by atoms with Crippen LogP contribution in [0.4, 0.5) is 5.69 Å². The Morgan fingerprint density at radius 2 is 1.82 bits per heavy atom. The number of phenols is 2. The lowest BCUT2D eigenvalue weighted by molar-refractivity contribution is 0.471. The summed E-state index contributed by atoms with van der Waals surface area (Å²) in [6.45, 7) is 3.69. The molecule has 0 saturated carbocycles. The molecule has 28 heavy (non-hydrogen) atoms. The lowest BCUT2D eigenvalue weighted by atomic mass is 9.79. The average molecular weight is 374 g/mol. The van der Waals surface area contributed by atoms with Crippen LogP contribution in [0.1, 0.15) is 41.6 Å². The van der Waals surface area contributed by atoms with Crippen LogP contribution in [0, 0.1) is 0 Å². The standard InChI is InChI=1S/C24H26N2O2/c1-2-26(16-20-5-3-4-12-25-20)24-15-22(28)10-11-23(24)19-7-6-18-14-21(27)9-8-17(18)13-19/h3-5,8-12,14-15,19,27-28H,2,6-7,13,16H2,1H3. The molecule has 0 saturated heterocycles. The van der Waals surface area contributed by atoms with Crippen LogP contribution in [-0.2, 0) is 19.4 Å². The van der Waals surface area contributed by atoms with Crippen LogP contribution in [0.5, 0.6) is 11.5 Å². The van der Waals surface area contributed by atoms with Gasteiger partial charge in [-0.2, -0.15) is 0 Å². The molecular weight excluding hydrogens is 348 g/mol. The molecule has 1 aromatic heterocycles. The van der Waals surface area contributed by atoms with Gasteiger partial charge in [-0.25, -0.2) is 0 Å². The number of rotatable bonds is 5. The number of fused-ring (bicyclic) bond motifs is 1. The second kappa shape index (κ2) is 7.93. The van der Waals surface area contributed by atoms with Gasteiger partial charge in [0.15, 0.2) is 0 Å². The van der Waals surface area contributed by atoms with E-state index in [0.29, 0.717) is 24.0 Å². The summed E-state index contributed by atoms with van der Waals surface area (Å²) in [7, 11) is 0. The molecule has 0 fully saturated rings. The van der Waals surface area contributed by atoms with Gasteiger partial charge in [0.05, 0.1) is 12.2 Å². The van der Waals surface area contributed by atoms with Crippen molar-refractivity contribution in [3.05, 3.63) is 83.2 Å². The van der Waals surface area contributed by atoms with Crippen LogP contribution in [0.3, 0.4) is 0 Å². The highest BCUT2D eigenvalue weighted by atomic mass is 16.3. The van der Waals surface area contributed by atoms with Crippen molar-refractivity contribution in [3.63, 3.8) is 0 Å². The van der Waals surface area contributed by atoms with Gasteiger partial charge in [-0.15, -0.1) is 0 Å². The molecule has 4 heteroatoms. The van der Waals surface area contributed by atoms with Crippen molar-refractivity contribution >= 4 is 5.69 Å². The Morgan fingerprint density at radius 3 is 2.61 bits per heavy atom. The molecule has 1 atom stereocenters. The Bertz CT molecular complexity index is 956. The fraction of sp³-hybridized carbons (Fsp3) is 0.292. The first-order valence-electron chi connectivity index (χ1n) is 9.92. The Morgan fingerprint density at radius 1 is 1.00 bits per heavy atom. The fourth-order valence-corrected chi connectivity index (χ4v) is 4.21. The molecule has 0 amide bonds. The average Bonchev–Trinajstić information content (AvgIpc) is 2.72. The lowest BCUT2D eigenvalue weighted by Crippen LogP contribution is -2.25. The van der Waals surface area contributed by atoms with Gasteiger partial charge in [-0.3, -0.25) is 4.98 Å².